The van der Waals surface area contributed by atoms with Crippen LogP contribution in [-0.4, -0.2) is 4.57 Å². The molecule has 1 aromatic heterocycles. The Labute approximate surface area is 354 Å². The molecule has 4 nitrogen and oxygen atoms in total. The van der Waals surface area contributed by atoms with Crippen LogP contribution < -0.4 is 4.90 Å². The number of hydrogen-bond acceptors (Lipinski definition) is 3. The van der Waals surface area contributed by atoms with Gasteiger partial charge in [-0.15, -0.1) is 0 Å². The van der Waals surface area contributed by atoms with Crippen LogP contribution in [0.15, 0.2) is 218 Å². The van der Waals surface area contributed by atoms with E-state index in [0.29, 0.717) is 11.1 Å². The average Bonchev–Trinajstić information content (AvgIpc) is 3.66. The fourth-order valence-corrected chi connectivity index (χ4v) is 9.75. The van der Waals surface area contributed by atoms with E-state index in [9.17, 15) is 10.5 Å². The Bertz CT molecular complexity index is 3350. The fourth-order valence-electron chi connectivity index (χ4n) is 9.75. The predicted octanol–water partition coefficient (Wildman–Crippen LogP) is 14.0. The molecule has 11 rings (SSSR count). The van der Waals surface area contributed by atoms with Crippen molar-refractivity contribution in [1.82, 2.24) is 4.57 Å². The summed E-state index contributed by atoms with van der Waals surface area (Å²) in [7, 11) is 0. The van der Waals surface area contributed by atoms with Gasteiger partial charge in [-0.25, -0.2) is 0 Å². The maximum atomic E-state index is 10.7. The third kappa shape index (κ3) is 5.51. The third-order valence-corrected chi connectivity index (χ3v) is 12.3. The normalized spacial score (nSPS) is 12.7. The maximum absolute atomic E-state index is 10.7. The predicted molar refractivity (Wildman–Crippen MR) is 248 cm³/mol. The third-order valence-electron chi connectivity index (χ3n) is 12.3. The Morgan fingerprint density at radius 1 is 0.410 bits per heavy atom. The van der Waals surface area contributed by atoms with E-state index in [1.54, 1.807) is 0 Å². The minimum atomic E-state index is -0.635. The number of benzene rings is 9. The summed E-state index contributed by atoms with van der Waals surface area (Å²) in [4.78, 5) is 2.40. The number of hydrogen-bond donors (Lipinski definition) is 0. The summed E-state index contributed by atoms with van der Waals surface area (Å²) in [5.74, 6) is 0. The van der Waals surface area contributed by atoms with E-state index in [1.165, 1.54) is 22.3 Å². The van der Waals surface area contributed by atoms with Crippen molar-refractivity contribution in [3.63, 3.8) is 0 Å². The van der Waals surface area contributed by atoms with E-state index in [0.717, 1.165) is 66.8 Å². The zero-order valence-corrected chi connectivity index (χ0v) is 33.1. The highest BCUT2D eigenvalue weighted by molar-refractivity contribution is 6.10. The first kappa shape index (κ1) is 35.7. The van der Waals surface area contributed by atoms with Gasteiger partial charge in [-0.1, -0.05) is 152 Å². The minimum absolute atomic E-state index is 0.568. The van der Waals surface area contributed by atoms with Crippen LogP contribution in [0.25, 0.3) is 49.7 Å². The number of para-hydroxylation sites is 4. The average molecular weight is 777 g/mol. The molecule has 0 unspecified atom stereocenters. The molecule has 9 aromatic carbocycles. The summed E-state index contributed by atoms with van der Waals surface area (Å²) in [6.45, 7) is 0. The van der Waals surface area contributed by atoms with E-state index in [1.807, 2.05) is 42.5 Å². The number of aromatic nitrogens is 1. The number of nitriles is 2. The quantitative estimate of drug-likeness (QED) is 0.169. The molecule has 61 heavy (non-hydrogen) atoms. The second kappa shape index (κ2) is 14.4. The number of rotatable bonds is 6. The molecule has 0 saturated heterocycles. The van der Waals surface area contributed by atoms with Crippen LogP contribution in [0.3, 0.4) is 0 Å². The van der Waals surface area contributed by atoms with Crippen LogP contribution in [0.1, 0.15) is 33.4 Å². The van der Waals surface area contributed by atoms with Crippen molar-refractivity contribution in [1.29, 1.82) is 10.5 Å². The van der Waals surface area contributed by atoms with Gasteiger partial charge in [0.25, 0.3) is 0 Å². The number of fused-ring (bicyclic) bond motifs is 5. The van der Waals surface area contributed by atoms with Gasteiger partial charge in [0.2, 0.25) is 0 Å². The van der Waals surface area contributed by atoms with Crippen molar-refractivity contribution in [3.8, 4) is 40.1 Å². The lowest BCUT2D eigenvalue weighted by molar-refractivity contribution is 0.731. The summed E-state index contributed by atoms with van der Waals surface area (Å²) in [6.07, 6.45) is 0. The highest BCUT2D eigenvalue weighted by atomic mass is 15.2. The minimum Gasteiger partial charge on any atom is -0.310 e. The smallest absolute Gasteiger partial charge is 0.101 e. The molecule has 0 spiro atoms. The molecule has 1 aliphatic rings. The van der Waals surface area contributed by atoms with Crippen LogP contribution in [0, 0.1) is 22.7 Å². The summed E-state index contributed by atoms with van der Waals surface area (Å²) >= 11 is 0. The van der Waals surface area contributed by atoms with E-state index in [2.05, 4.69) is 198 Å². The topological polar surface area (TPSA) is 55.8 Å². The molecule has 0 radical (unpaired) electrons. The molecule has 0 aliphatic carbocycles. The van der Waals surface area contributed by atoms with Gasteiger partial charge >= 0.3 is 0 Å². The molecule has 0 N–H and O–H groups in total. The first-order chi connectivity index (χ1) is 30.2. The van der Waals surface area contributed by atoms with Crippen molar-refractivity contribution in [3.05, 3.63) is 252 Å². The van der Waals surface area contributed by atoms with Crippen molar-refractivity contribution in [2.75, 3.05) is 4.90 Å². The SMILES string of the molecule is N#Cc1ccc2c(c1)c1ccccc1n2-c1c(C#N)cccc1-c1cccc(-c2ccc3c(c2)C(c2ccccc2)(c2ccccc2)c2ccccc2N3c2ccccc2)c1. The van der Waals surface area contributed by atoms with Gasteiger partial charge in [-0.3, -0.25) is 0 Å². The summed E-state index contributed by atoms with van der Waals surface area (Å²) in [5.41, 5.74) is 15.5. The molecular formula is C57H36N4. The van der Waals surface area contributed by atoms with Gasteiger partial charge in [-0.05, 0) is 106 Å². The second-order valence-electron chi connectivity index (χ2n) is 15.5. The molecule has 4 heteroatoms. The van der Waals surface area contributed by atoms with Crippen molar-refractivity contribution in [2.45, 2.75) is 5.41 Å². The number of nitrogens with zero attached hydrogens (tertiary/aromatic N) is 4. The van der Waals surface area contributed by atoms with Crippen LogP contribution in [0.5, 0.6) is 0 Å². The van der Waals surface area contributed by atoms with Gasteiger partial charge < -0.3 is 9.47 Å². The highest BCUT2D eigenvalue weighted by Crippen LogP contribution is 2.58. The Morgan fingerprint density at radius 3 is 1.79 bits per heavy atom. The Hall–Kier alpha value is -8.44. The van der Waals surface area contributed by atoms with E-state index in [4.69, 9.17) is 0 Å². The highest BCUT2D eigenvalue weighted by Gasteiger charge is 2.46. The summed E-state index contributed by atoms with van der Waals surface area (Å²) < 4.78 is 2.19. The van der Waals surface area contributed by atoms with Gasteiger partial charge in [0, 0.05) is 22.0 Å². The zero-order valence-electron chi connectivity index (χ0n) is 33.1. The fraction of sp³-hybridized carbons (Fsp3) is 0.0175. The Balaban J connectivity index is 1.16. The van der Waals surface area contributed by atoms with Crippen molar-refractivity contribution in [2.24, 2.45) is 0 Å². The lowest BCUT2D eigenvalue weighted by atomic mass is 9.62. The van der Waals surface area contributed by atoms with Crippen LogP contribution in [-0.2, 0) is 5.41 Å². The molecule has 0 fully saturated rings. The first-order valence-corrected chi connectivity index (χ1v) is 20.5. The van der Waals surface area contributed by atoms with Crippen LogP contribution in [0.2, 0.25) is 0 Å². The van der Waals surface area contributed by atoms with Gasteiger partial charge in [-0.2, -0.15) is 10.5 Å². The molecule has 1 aliphatic heterocycles. The zero-order chi connectivity index (χ0) is 40.9. The summed E-state index contributed by atoms with van der Waals surface area (Å²) in [5, 5.41) is 22.5. The molecule has 0 bridgehead atoms. The van der Waals surface area contributed by atoms with Crippen LogP contribution in [0.4, 0.5) is 17.1 Å². The van der Waals surface area contributed by atoms with Gasteiger partial charge in [0.05, 0.1) is 50.7 Å². The van der Waals surface area contributed by atoms with E-state index in [-0.39, 0.29) is 0 Å². The number of anilines is 3. The molecule has 0 atom stereocenters. The van der Waals surface area contributed by atoms with Crippen LogP contribution >= 0.6 is 0 Å². The molecule has 10 aromatic rings. The molecule has 284 valence electrons. The molecule has 0 amide bonds. The lowest BCUT2D eigenvalue weighted by Gasteiger charge is -2.46. The van der Waals surface area contributed by atoms with E-state index < -0.39 is 5.41 Å². The van der Waals surface area contributed by atoms with Crippen molar-refractivity contribution < 1.29 is 0 Å². The Kier molecular flexibility index (Phi) is 8.45. The molecule has 2 heterocycles. The monoisotopic (exact) mass is 776 g/mol. The van der Waals surface area contributed by atoms with Gasteiger partial charge in [0.1, 0.15) is 6.07 Å². The largest absolute Gasteiger partial charge is 0.310 e. The Morgan fingerprint density at radius 2 is 1.03 bits per heavy atom. The summed E-state index contributed by atoms with van der Waals surface area (Å²) in [6, 6.07) is 81.7. The standard InChI is InChI=1S/C57H36N4/c58-37-39-30-32-53-49(34-39)48-25-10-12-28-52(48)61(53)56-43(38-59)18-15-26-47(56)42-17-14-16-40(35-42)41-31-33-55-51(36-41)57(44-19-4-1-5-20-44,45-21-6-2-7-22-45)50-27-11-13-29-54(50)60(55)46-23-8-3-9-24-46/h1-36H. The van der Waals surface area contributed by atoms with Gasteiger partial charge in [0.15, 0.2) is 0 Å². The first-order valence-electron chi connectivity index (χ1n) is 20.5. The molecule has 0 saturated carbocycles. The lowest BCUT2D eigenvalue weighted by Crippen LogP contribution is -2.37. The molecular weight excluding hydrogens is 741 g/mol. The second-order valence-corrected chi connectivity index (χ2v) is 15.5. The van der Waals surface area contributed by atoms with Crippen molar-refractivity contribution >= 4 is 38.9 Å². The maximum Gasteiger partial charge on any atom is 0.101 e. The van der Waals surface area contributed by atoms with E-state index >= 15 is 0 Å².